The topological polar surface area (TPSA) is 18.5 Å². The molecule has 0 atom stereocenters. The molecule has 0 radical (unpaired) electrons. The number of rotatable bonds is 8. The third kappa shape index (κ3) is 37.0. The number of unbranched alkanes of at least 4 members (excludes halogenated alkanes) is 2. The summed E-state index contributed by atoms with van der Waals surface area (Å²) in [5.41, 5.74) is 0. The lowest BCUT2D eigenvalue weighted by molar-refractivity contribution is 0.144. The molecule has 0 fully saturated rings. The molecule has 0 saturated carbocycles. The smallest absolute Gasteiger partial charge is 0.0465 e. The highest BCUT2D eigenvalue weighted by Gasteiger charge is 1.79. The molecule has 2 heteroatoms. The molecule has 0 amide bonds. The molecule has 0 bridgehead atoms. The van der Waals surface area contributed by atoms with Crippen LogP contribution in [0, 0.1) is 0 Å². The molecule has 0 spiro atoms. The van der Waals surface area contributed by atoms with E-state index in [1.807, 2.05) is 13.8 Å². The van der Waals surface area contributed by atoms with E-state index in [1.54, 1.807) is 0 Å². The van der Waals surface area contributed by atoms with Crippen LogP contribution in [0.25, 0.3) is 0 Å². The second-order valence-electron chi connectivity index (χ2n) is 3.10. The number of hydrogen-bond acceptors (Lipinski definition) is 2. The van der Waals surface area contributed by atoms with Crippen LogP contribution in [-0.2, 0) is 9.47 Å². The summed E-state index contributed by atoms with van der Waals surface area (Å²) in [6.45, 7) is 12.0. The zero-order valence-corrected chi connectivity index (χ0v) is 10.5. The van der Waals surface area contributed by atoms with Crippen molar-refractivity contribution in [2.75, 3.05) is 26.4 Å². The van der Waals surface area contributed by atoms with Crippen molar-refractivity contribution in [3.63, 3.8) is 0 Å². The van der Waals surface area contributed by atoms with Gasteiger partial charge in [0.05, 0.1) is 0 Å². The van der Waals surface area contributed by atoms with Crippen LogP contribution in [0.2, 0.25) is 0 Å². The summed E-state index contributed by atoms with van der Waals surface area (Å²) in [5.74, 6) is 0. The predicted molar refractivity (Wildman–Crippen MR) is 76.3 cm³/mol. The lowest BCUT2D eigenvalue weighted by Crippen LogP contribution is -1.90. The number of hydrogen-bond donors (Lipinski definition) is 0. The largest absolute Gasteiger partial charge is 0.382 e. The maximum atomic E-state index is 5.07. The van der Waals surface area contributed by atoms with Gasteiger partial charge in [-0.1, -0.05) is 41.5 Å². The Balaban J connectivity index is -0.0000000800. The van der Waals surface area contributed by atoms with Crippen LogP contribution >= 0.6 is 0 Å². The Bertz CT molecular complexity index is 57.1. The quantitative estimate of drug-likeness (QED) is 0.557. The second kappa shape index (κ2) is 29.4. The van der Waals surface area contributed by atoms with Gasteiger partial charge in [-0.2, -0.15) is 0 Å². The molecule has 0 N–H and O–H groups in total. The first kappa shape index (κ1) is 24.9. The Morgan fingerprint density at radius 1 is 0.625 bits per heavy atom. The van der Waals surface area contributed by atoms with Gasteiger partial charge in [-0.3, -0.25) is 0 Å². The Morgan fingerprint density at radius 3 is 1.12 bits per heavy atom. The minimum atomic E-state index is 0. The van der Waals surface area contributed by atoms with Crippen LogP contribution in [0.4, 0.5) is 0 Å². The van der Waals surface area contributed by atoms with Crippen molar-refractivity contribution in [2.45, 2.75) is 68.2 Å². The van der Waals surface area contributed by atoms with Crippen LogP contribution in [0.5, 0.6) is 0 Å². The molecule has 0 aromatic rings. The van der Waals surface area contributed by atoms with E-state index in [0.29, 0.717) is 0 Å². The Morgan fingerprint density at radius 2 is 0.938 bits per heavy atom. The molecule has 16 heavy (non-hydrogen) atoms. The van der Waals surface area contributed by atoms with Gasteiger partial charge in [0.25, 0.3) is 0 Å². The summed E-state index contributed by atoms with van der Waals surface area (Å²) in [6, 6.07) is 0. The Hall–Kier alpha value is -0.0800. The highest BCUT2D eigenvalue weighted by Crippen LogP contribution is 1.86. The summed E-state index contributed by atoms with van der Waals surface area (Å²) in [7, 11) is 0. The van der Waals surface area contributed by atoms with Gasteiger partial charge in [0.1, 0.15) is 0 Å². The molecule has 0 aliphatic carbocycles. The van der Waals surface area contributed by atoms with E-state index in [4.69, 9.17) is 9.47 Å². The molecule has 0 aliphatic rings. The zero-order valence-electron chi connectivity index (χ0n) is 10.5. The van der Waals surface area contributed by atoms with Gasteiger partial charge < -0.3 is 9.47 Å². The zero-order chi connectivity index (χ0) is 11.1. The summed E-state index contributed by atoms with van der Waals surface area (Å²) >= 11 is 0. The fraction of sp³-hybridized carbons (Fsp3) is 1.00. The fourth-order valence-electron chi connectivity index (χ4n) is 0.781. The molecule has 0 saturated heterocycles. The van der Waals surface area contributed by atoms with Gasteiger partial charge in [0.2, 0.25) is 0 Å². The summed E-state index contributed by atoms with van der Waals surface area (Å²) < 4.78 is 10.1. The molecule has 0 rings (SSSR count). The maximum absolute atomic E-state index is 5.07. The molecule has 0 aromatic heterocycles. The monoisotopic (exact) mass is 236 g/mol. The van der Waals surface area contributed by atoms with Crippen molar-refractivity contribution in [1.29, 1.82) is 0 Å². The maximum Gasteiger partial charge on any atom is 0.0465 e. The van der Waals surface area contributed by atoms with Crippen molar-refractivity contribution in [3.8, 4) is 0 Å². The summed E-state index contributed by atoms with van der Waals surface area (Å²) in [5, 5.41) is 0. The minimum Gasteiger partial charge on any atom is -0.382 e. The lowest BCUT2D eigenvalue weighted by Gasteiger charge is -1.94. The highest BCUT2D eigenvalue weighted by atomic mass is 16.5. The van der Waals surface area contributed by atoms with Crippen molar-refractivity contribution in [3.05, 3.63) is 0 Å². The average molecular weight is 236 g/mol. The molecule has 2 nitrogen and oxygen atoms in total. The van der Waals surface area contributed by atoms with E-state index in [-0.39, 0.29) is 14.9 Å². The van der Waals surface area contributed by atoms with Crippen molar-refractivity contribution in [1.82, 2.24) is 0 Å². The average Bonchev–Trinajstić information content (AvgIpc) is 2.21. The van der Waals surface area contributed by atoms with Gasteiger partial charge in [0.15, 0.2) is 0 Å². The fourth-order valence-corrected chi connectivity index (χ4v) is 0.781. The van der Waals surface area contributed by atoms with E-state index in [2.05, 4.69) is 13.8 Å². The van der Waals surface area contributed by atoms with Crippen LogP contribution in [-0.4, -0.2) is 26.4 Å². The van der Waals surface area contributed by atoms with E-state index < -0.39 is 0 Å². The van der Waals surface area contributed by atoms with E-state index in [1.165, 1.54) is 25.7 Å². The first-order valence-electron chi connectivity index (χ1n) is 5.98. The third-order valence-electron chi connectivity index (χ3n) is 1.69. The van der Waals surface area contributed by atoms with Gasteiger partial charge in [0, 0.05) is 26.4 Å². The van der Waals surface area contributed by atoms with Gasteiger partial charge in [-0.05, 0) is 26.7 Å². The van der Waals surface area contributed by atoms with E-state index in [9.17, 15) is 0 Å². The van der Waals surface area contributed by atoms with Crippen LogP contribution in [0.3, 0.4) is 0 Å². The van der Waals surface area contributed by atoms with Crippen molar-refractivity contribution >= 4 is 0 Å². The standard InChI is InChI=1S/2C6H14O.2CH4/c2*1-3-5-6-7-4-2;;/h2*3-6H2,1-2H3;2*1H4. The molecule has 0 unspecified atom stereocenters. The summed E-state index contributed by atoms with van der Waals surface area (Å²) in [6.07, 6.45) is 4.88. The summed E-state index contributed by atoms with van der Waals surface area (Å²) in [4.78, 5) is 0. The molecule has 0 aliphatic heterocycles. The van der Waals surface area contributed by atoms with Crippen LogP contribution in [0.1, 0.15) is 68.2 Å². The minimum absolute atomic E-state index is 0. The molecule has 0 aromatic carbocycles. The normalized spacial score (nSPS) is 8.25. The molecular formula is C14H36O2. The lowest BCUT2D eigenvalue weighted by atomic mass is 10.4. The van der Waals surface area contributed by atoms with Crippen molar-refractivity contribution in [2.24, 2.45) is 0 Å². The first-order valence-corrected chi connectivity index (χ1v) is 5.98. The van der Waals surface area contributed by atoms with E-state index >= 15 is 0 Å². The predicted octanol–water partition coefficient (Wildman–Crippen LogP) is 4.92. The second-order valence-corrected chi connectivity index (χ2v) is 3.10. The van der Waals surface area contributed by atoms with Crippen LogP contribution < -0.4 is 0 Å². The van der Waals surface area contributed by atoms with E-state index in [0.717, 1.165) is 26.4 Å². The van der Waals surface area contributed by atoms with Gasteiger partial charge in [-0.15, -0.1) is 0 Å². The first-order chi connectivity index (χ1) is 6.83. The van der Waals surface area contributed by atoms with Gasteiger partial charge >= 0.3 is 0 Å². The highest BCUT2D eigenvalue weighted by molar-refractivity contribution is 4.29. The number of ether oxygens (including phenoxy) is 2. The Kier molecular flexibility index (Phi) is 45.8. The van der Waals surface area contributed by atoms with Crippen LogP contribution in [0.15, 0.2) is 0 Å². The third-order valence-corrected chi connectivity index (χ3v) is 1.69. The van der Waals surface area contributed by atoms with Crippen molar-refractivity contribution < 1.29 is 9.47 Å². The molecular weight excluding hydrogens is 200 g/mol. The van der Waals surface area contributed by atoms with Gasteiger partial charge in [-0.25, -0.2) is 0 Å². The molecule has 104 valence electrons. The Labute approximate surface area is 105 Å². The molecule has 0 heterocycles. The SMILES string of the molecule is C.C.CCCCOCC.CCCCOCC.